The fraction of sp³-hybridized carbons (Fsp3) is 0.300. The van der Waals surface area contributed by atoms with Crippen molar-refractivity contribution < 1.29 is 18.0 Å². The minimum atomic E-state index is -3.37. The highest BCUT2D eigenvalue weighted by molar-refractivity contribution is 7.92. The van der Waals surface area contributed by atoms with E-state index in [1.807, 2.05) is 0 Å². The molecule has 3 rings (SSSR count). The molecule has 1 fully saturated rings. The van der Waals surface area contributed by atoms with E-state index < -0.39 is 9.84 Å². The summed E-state index contributed by atoms with van der Waals surface area (Å²) in [6.07, 6.45) is 3.27. The van der Waals surface area contributed by atoms with Gasteiger partial charge in [-0.15, -0.1) is 0 Å². The molecule has 1 aliphatic rings. The third-order valence-corrected chi connectivity index (χ3v) is 6.89. The topological polar surface area (TPSA) is 92.3 Å². The van der Waals surface area contributed by atoms with Crippen molar-refractivity contribution in [3.05, 3.63) is 54.1 Å². The van der Waals surface area contributed by atoms with Crippen LogP contribution in [0.5, 0.6) is 0 Å². The van der Waals surface area contributed by atoms with Gasteiger partial charge in [-0.05, 0) is 55.3 Å². The summed E-state index contributed by atoms with van der Waals surface area (Å²) in [7, 11) is -3.37. The first kappa shape index (κ1) is 19.1. The predicted octanol–water partition coefficient (Wildman–Crippen LogP) is 3.61. The second-order valence-corrected chi connectivity index (χ2v) is 8.92. The number of carbonyl (C=O) groups excluding carboxylic acids is 2. The van der Waals surface area contributed by atoms with Crippen LogP contribution in [0.25, 0.3) is 0 Å². The van der Waals surface area contributed by atoms with E-state index in [-0.39, 0.29) is 22.0 Å². The van der Waals surface area contributed by atoms with E-state index in [4.69, 9.17) is 0 Å². The lowest BCUT2D eigenvalue weighted by Crippen LogP contribution is -2.18. The maximum atomic E-state index is 12.7. The molecule has 0 spiro atoms. The van der Waals surface area contributed by atoms with Gasteiger partial charge in [-0.1, -0.05) is 18.9 Å². The Morgan fingerprint density at radius 3 is 2.22 bits per heavy atom. The molecule has 0 saturated heterocycles. The molecular weight excluding hydrogens is 364 g/mol. The van der Waals surface area contributed by atoms with Crippen molar-refractivity contribution in [2.45, 2.75) is 42.8 Å². The Balaban J connectivity index is 1.74. The Hall–Kier alpha value is -2.67. The second kappa shape index (κ2) is 7.92. The smallest absolute Gasteiger partial charge is 0.255 e. The molecule has 2 N–H and O–H groups in total. The maximum Gasteiger partial charge on any atom is 0.255 e. The number of benzene rings is 2. The van der Waals surface area contributed by atoms with Crippen LogP contribution in [-0.2, 0) is 14.6 Å². The van der Waals surface area contributed by atoms with Gasteiger partial charge in [0, 0.05) is 23.9 Å². The van der Waals surface area contributed by atoms with Crippen LogP contribution in [0.1, 0.15) is 43.0 Å². The summed E-state index contributed by atoms with van der Waals surface area (Å²) in [5.74, 6) is -0.535. The third-order valence-electron chi connectivity index (χ3n) is 4.63. The summed E-state index contributed by atoms with van der Waals surface area (Å²) < 4.78 is 25.4. The average Bonchev–Trinajstić information content (AvgIpc) is 3.17. The molecule has 1 saturated carbocycles. The van der Waals surface area contributed by atoms with Crippen LogP contribution in [0, 0.1) is 0 Å². The maximum absolute atomic E-state index is 12.7. The van der Waals surface area contributed by atoms with Crippen LogP contribution in [0.4, 0.5) is 11.4 Å². The summed E-state index contributed by atoms with van der Waals surface area (Å²) in [4.78, 5) is 23.7. The normalized spacial score (nSPS) is 14.7. The van der Waals surface area contributed by atoms with Crippen molar-refractivity contribution in [1.29, 1.82) is 0 Å². The zero-order valence-corrected chi connectivity index (χ0v) is 15.9. The van der Waals surface area contributed by atoms with Gasteiger partial charge in [-0.2, -0.15) is 0 Å². The zero-order valence-electron chi connectivity index (χ0n) is 15.1. The van der Waals surface area contributed by atoms with E-state index in [0.717, 1.165) is 12.8 Å². The second-order valence-electron chi connectivity index (χ2n) is 6.69. The largest absolute Gasteiger partial charge is 0.326 e. The lowest BCUT2D eigenvalue weighted by molar-refractivity contribution is -0.114. The first-order chi connectivity index (χ1) is 12.9. The molecule has 2 aromatic rings. The van der Waals surface area contributed by atoms with Gasteiger partial charge in [0.1, 0.15) is 0 Å². The van der Waals surface area contributed by atoms with Gasteiger partial charge >= 0.3 is 0 Å². The molecule has 0 unspecified atom stereocenters. The lowest BCUT2D eigenvalue weighted by atomic mass is 10.2. The van der Waals surface area contributed by atoms with E-state index in [1.54, 1.807) is 42.5 Å². The van der Waals surface area contributed by atoms with Crippen LogP contribution >= 0.6 is 0 Å². The predicted molar refractivity (Wildman–Crippen MR) is 105 cm³/mol. The highest BCUT2D eigenvalue weighted by atomic mass is 32.2. The molecule has 1 aliphatic carbocycles. The van der Waals surface area contributed by atoms with Gasteiger partial charge in [0.2, 0.25) is 5.91 Å². The number of hydrogen-bond donors (Lipinski definition) is 2. The summed E-state index contributed by atoms with van der Waals surface area (Å²) >= 11 is 0. The Kier molecular flexibility index (Phi) is 5.60. The number of hydrogen-bond acceptors (Lipinski definition) is 4. The summed E-state index contributed by atoms with van der Waals surface area (Å²) in [5, 5.41) is 5.04. The minimum absolute atomic E-state index is 0.188. The van der Waals surface area contributed by atoms with Gasteiger partial charge in [0.05, 0.1) is 10.1 Å². The third kappa shape index (κ3) is 4.54. The lowest BCUT2D eigenvalue weighted by Gasteiger charge is -2.13. The molecule has 2 amide bonds. The molecule has 0 heterocycles. The first-order valence-electron chi connectivity index (χ1n) is 8.89. The number of carbonyl (C=O) groups is 2. The standard InChI is InChI=1S/C20H22N2O4S/c1-14(23)21-16-11-9-15(10-12-16)20(24)22-17-5-4-8-19(13-17)27(25,26)18-6-2-3-7-18/h4-5,8-13,18H,2-3,6-7H2,1H3,(H,21,23)(H,22,24). The van der Waals surface area contributed by atoms with Gasteiger partial charge < -0.3 is 10.6 Å². The molecule has 0 atom stereocenters. The van der Waals surface area contributed by atoms with Crippen LogP contribution < -0.4 is 10.6 Å². The van der Waals surface area contributed by atoms with Crippen LogP contribution in [0.3, 0.4) is 0 Å². The fourth-order valence-corrected chi connectivity index (χ4v) is 5.15. The molecule has 2 aromatic carbocycles. The molecular formula is C20H22N2O4S. The van der Waals surface area contributed by atoms with E-state index in [9.17, 15) is 18.0 Å². The summed E-state index contributed by atoms with van der Waals surface area (Å²) in [6.45, 7) is 1.41. The fourth-order valence-electron chi connectivity index (χ4n) is 3.25. The highest BCUT2D eigenvalue weighted by Crippen LogP contribution is 2.30. The quantitative estimate of drug-likeness (QED) is 0.821. The van der Waals surface area contributed by atoms with E-state index in [2.05, 4.69) is 10.6 Å². The Bertz CT molecular complexity index is 946. The van der Waals surface area contributed by atoms with Crippen LogP contribution in [-0.4, -0.2) is 25.5 Å². The van der Waals surface area contributed by atoms with Crippen molar-refractivity contribution >= 4 is 33.0 Å². The van der Waals surface area contributed by atoms with Crippen molar-refractivity contribution in [2.24, 2.45) is 0 Å². The molecule has 0 radical (unpaired) electrons. The molecule has 0 aliphatic heterocycles. The number of anilines is 2. The molecule has 7 heteroatoms. The van der Waals surface area contributed by atoms with Gasteiger partial charge in [0.25, 0.3) is 5.91 Å². The molecule has 142 valence electrons. The molecule has 27 heavy (non-hydrogen) atoms. The number of rotatable bonds is 5. The van der Waals surface area contributed by atoms with Gasteiger partial charge in [-0.3, -0.25) is 9.59 Å². The Morgan fingerprint density at radius 2 is 1.59 bits per heavy atom. The molecule has 0 aromatic heterocycles. The molecule has 6 nitrogen and oxygen atoms in total. The van der Waals surface area contributed by atoms with E-state index >= 15 is 0 Å². The van der Waals surface area contributed by atoms with Gasteiger partial charge in [-0.25, -0.2) is 8.42 Å². The number of amides is 2. The summed E-state index contributed by atoms with van der Waals surface area (Å²) in [6, 6.07) is 12.9. The van der Waals surface area contributed by atoms with Crippen molar-refractivity contribution in [2.75, 3.05) is 10.6 Å². The number of nitrogens with one attached hydrogen (secondary N) is 2. The monoisotopic (exact) mass is 386 g/mol. The first-order valence-corrected chi connectivity index (χ1v) is 10.4. The van der Waals surface area contributed by atoms with Crippen LogP contribution in [0.2, 0.25) is 0 Å². The van der Waals surface area contributed by atoms with Crippen LogP contribution in [0.15, 0.2) is 53.4 Å². The van der Waals surface area contributed by atoms with Crippen molar-refractivity contribution in [1.82, 2.24) is 0 Å². The van der Waals surface area contributed by atoms with E-state index in [0.29, 0.717) is 29.8 Å². The van der Waals surface area contributed by atoms with E-state index in [1.165, 1.54) is 13.0 Å². The number of sulfone groups is 1. The zero-order chi connectivity index (χ0) is 19.4. The Morgan fingerprint density at radius 1 is 0.926 bits per heavy atom. The molecule has 0 bridgehead atoms. The highest BCUT2D eigenvalue weighted by Gasteiger charge is 2.30. The summed E-state index contributed by atoms with van der Waals surface area (Å²) in [5.41, 5.74) is 1.45. The minimum Gasteiger partial charge on any atom is -0.326 e. The van der Waals surface area contributed by atoms with Crippen molar-refractivity contribution in [3.63, 3.8) is 0 Å². The van der Waals surface area contributed by atoms with Crippen molar-refractivity contribution in [3.8, 4) is 0 Å². The average molecular weight is 386 g/mol. The van der Waals surface area contributed by atoms with Gasteiger partial charge in [0.15, 0.2) is 9.84 Å². The SMILES string of the molecule is CC(=O)Nc1ccc(C(=O)Nc2cccc(S(=O)(=O)C3CCCC3)c2)cc1. The Labute approximate surface area is 158 Å².